The summed E-state index contributed by atoms with van der Waals surface area (Å²) in [6.45, 7) is 6.31. The molecule has 1 aliphatic heterocycles. The van der Waals surface area contributed by atoms with Crippen LogP contribution in [0.3, 0.4) is 0 Å². The highest BCUT2D eigenvalue weighted by Crippen LogP contribution is 2.33. The highest BCUT2D eigenvalue weighted by Gasteiger charge is 2.37. The fourth-order valence-corrected chi connectivity index (χ4v) is 2.46. The van der Waals surface area contributed by atoms with Gasteiger partial charge in [0.2, 0.25) is 0 Å². The van der Waals surface area contributed by atoms with Crippen LogP contribution in [-0.4, -0.2) is 24.1 Å². The van der Waals surface area contributed by atoms with Gasteiger partial charge in [0.15, 0.2) is 0 Å². The zero-order valence-electron chi connectivity index (χ0n) is 10.8. The Morgan fingerprint density at radius 3 is 2.56 bits per heavy atom. The zero-order chi connectivity index (χ0) is 13.4. The van der Waals surface area contributed by atoms with Crippen molar-refractivity contribution in [1.29, 1.82) is 0 Å². The number of carbonyl (C=O) groups excluding carboxylic acids is 2. The van der Waals surface area contributed by atoms with Gasteiger partial charge in [-0.15, -0.1) is 11.6 Å². The van der Waals surface area contributed by atoms with Crippen LogP contribution in [-0.2, 0) is 4.79 Å². The lowest BCUT2D eigenvalue weighted by Crippen LogP contribution is -2.34. The summed E-state index contributed by atoms with van der Waals surface area (Å²) in [7, 11) is 0. The molecule has 1 aliphatic rings. The molecule has 1 aromatic carbocycles. The van der Waals surface area contributed by atoms with E-state index in [1.807, 2.05) is 26.8 Å². The smallest absolute Gasteiger partial charge is 0.299 e. The van der Waals surface area contributed by atoms with Gasteiger partial charge in [-0.05, 0) is 37.0 Å². The molecule has 0 N–H and O–H groups in total. The first-order valence-corrected chi connectivity index (χ1v) is 6.52. The molecular weight excluding hydrogens is 250 g/mol. The minimum Gasteiger partial charge on any atom is -0.304 e. The molecule has 4 heteroatoms. The van der Waals surface area contributed by atoms with Gasteiger partial charge in [-0.1, -0.05) is 13.0 Å². The summed E-state index contributed by atoms with van der Waals surface area (Å²) in [5.41, 5.74) is 3.25. The quantitative estimate of drug-likeness (QED) is 0.622. The van der Waals surface area contributed by atoms with Crippen LogP contribution in [0, 0.1) is 19.8 Å². The molecule has 0 bridgehead atoms. The monoisotopic (exact) mass is 265 g/mol. The molecule has 0 saturated heterocycles. The number of fused-ring (bicyclic) bond motifs is 1. The molecule has 1 unspecified atom stereocenters. The van der Waals surface area contributed by atoms with Gasteiger partial charge < -0.3 is 4.90 Å². The number of carbonyl (C=O) groups is 2. The summed E-state index contributed by atoms with van der Waals surface area (Å²) >= 11 is 5.78. The fourth-order valence-electron chi connectivity index (χ4n) is 2.37. The van der Waals surface area contributed by atoms with Crippen LogP contribution in [0.1, 0.15) is 28.4 Å². The van der Waals surface area contributed by atoms with Crippen molar-refractivity contribution in [3.05, 3.63) is 28.8 Å². The van der Waals surface area contributed by atoms with E-state index in [-0.39, 0.29) is 5.92 Å². The minimum absolute atomic E-state index is 0.162. The lowest BCUT2D eigenvalue weighted by Gasteiger charge is -2.21. The molecule has 2 rings (SSSR count). The fraction of sp³-hybridized carbons (Fsp3) is 0.429. The number of benzene rings is 1. The molecule has 0 spiro atoms. The number of aryl methyl sites for hydroxylation is 2. The number of alkyl halides is 1. The lowest BCUT2D eigenvalue weighted by atomic mass is 10.0. The summed E-state index contributed by atoms with van der Waals surface area (Å²) in [4.78, 5) is 25.5. The van der Waals surface area contributed by atoms with Crippen LogP contribution in [0.25, 0.3) is 0 Å². The number of anilines is 1. The van der Waals surface area contributed by atoms with Crippen molar-refractivity contribution in [3.63, 3.8) is 0 Å². The van der Waals surface area contributed by atoms with Crippen molar-refractivity contribution in [2.75, 3.05) is 17.3 Å². The van der Waals surface area contributed by atoms with Gasteiger partial charge in [0.1, 0.15) is 0 Å². The first-order valence-electron chi connectivity index (χ1n) is 5.99. The van der Waals surface area contributed by atoms with Crippen molar-refractivity contribution >= 4 is 29.0 Å². The molecule has 1 amide bonds. The number of rotatable bonds is 3. The van der Waals surface area contributed by atoms with E-state index in [9.17, 15) is 9.59 Å². The molecule has 0 saturated carbocycles. The SMILES string of the molecule is Cc1cc(C)c2c(c1)C(=O)C(=O)N2CC(C)CCl. The van der Waals surface area contributed by atoms with E-state index in [1.165, 1.54) is 0 Å². The Bertz CT molecular complexity index is 525. The number of halogens is 1. The molecule has 0 aliphatic carbocycles. The summed E-state index contributed by atoms with van der Waals surface area (Å²) in [5, 5.41) is 0. The molecule has 0 radical (unpaired) electrons. The maximum absolute atomic E-state index is 12.0. The van der Waals surface area contributed by atoms with E-state index in [0.717, 1.165) is 16.8 Å². The maximum atomic E-state index is 12.0. The third-order valence-corrected chi connectivity index (χ3v) is 3.68. The topological polar surface area (TPSA) is 37.4 Å². The van der Waals surface area contributed by atoms with Crippen LogP contribution in [0.4, 0.5) is 5.69 Å². The number of nitrogens with zero attached hydrogens (tertiary/aromatic N) is 1. The number of Topliss-reactive ketones (excluding diaryl/α,β-unsaturated/α-hetero) is 1. The van der Waals surface area contributed by atoms with E-state index in [0.29, 0.717) is 18.0 Å². The molecule has 3 nitrogen and oxygen atoms in total. The van der Waals surface area contributed by atoms with Gasteiger partial charge in [0, 0.05) is 12.4 Å². The average Bonchev–Trinajstić information content (AvgIpc) is 2.54. The van der Waals surface area contributed by atoms with E-state index in [1.54, 1.807) is 11.0 Å². The molecule has 18 heavy (non-hydrogen) atoms. The maximum Gasteiger partial charge on any atom is 0.299 e. The first kappa shape index (κ1) is 13.1. The molecule has 0 fully saturated rings. The molecular formula is C14H16ClNO2. The third-order valence-electron chi connectivity index (χ3n) is 3.16. The van der Waals surface area contributed by atoms with Gasteiger partial charge in [0.25, 0.3) is 11.7 Å². The third kappa shape index (κ3) is 2.03. The second-order valence-electron chi connectivity index (χ2n) is 4.98. The van der Waals surface area contributed by atoms with Crippen LogP contribution < -0.4 is 4.90 Å². The summed E-state index contributed by atoms with van der Waals surface area (Å²) < 4.78 is 0. The zero-order valence-corrected chi connectivity index (χ0v) is 11.5. The Labute approximate surface area is 112 Å². The largest absolute Gasteiger partial charge is 0.304 e. The van der Waals surface area contributed by atoms with E-state index in [4.69, 9.17) is 11.6 Å². The van der Waals surface area contributed by atoms with Crippen molar-refractivity contribution < 1.29 is 9.59 Å². The molecule has 1 heterocycles. The number of hydrogen-bond donors (Lipinski definition) is 0. The van der Waals surface area contributed by atoms with Gasteiger partial charge in [-0.2, -0.15) is 0 Å². The van der Waals surface area contributed by atoms with Gasteiger partial charge >= 0.3 is 0 Å². The summed E-state index contributed by atoms with van der Waals surface area (Å²) in [6, 6.07) is 3.77. The normalized spacial score (nSPS) is 16.1. The number of ketones is 1. The van der Waals surface area contributed by atoms with Crippen molar-refractivity contribution in [2.45, 2.75) is 20.8 Å². The minimum atomic E-state index is -0.435. The highest BCUT2D eigenvalue weighted by molar-refractivity contribution is 6.52. The second kappa shape index (κ2) is 4.73. The lowest BCUT2D eigenvalue weighted by molar-refractivity contribution is -0.114. The van der Waals surface area contributed by atoms with Gasteiger partial charge in [-0.3, -0.25) is 9.59 Å². The second-order valence-corrected chi connectivity index (χ2v) is 5.29. The van der Waals surface area contributed by atoms with Crippen molar-refractivity contribution in [3.8, 4) is 0 Å². The number of amides is 1. The van der Waals surface area contributed by atoms with E-state index in [2.05, 4.69) is 0 Å². The molecule has 1 aromatic rings. The Morgan fingerprint density at radius 2 is 1.94 bits per heavy atom. The average molecular weight is 266 g/mol. The Balaban J connectivity index is 2.48. The Morgan fingerprint density at radius 1 is 1.28 bits per heavy atom. The van der Waals surface area contributed by atoms with Gasteiger partial charge in [0.05, 0.1) is 11.3 Å². The standard InChI is InChI=1S/C14H16ClNO2/c1-8-4-10(3)12-11(5-8)13(17)14(18)16(12)7-9(2)6-15/h4-5,9H,6-7H2,1-3H3. The molecule has 96 valence electrons. The van der Waals surface area contributed by atoms with E-state index >= 15 is 0 Å². The van der Waals surface area contributed by atoms with Crippen molar-refractivity contribution in [2.24, 2.45) is 5.92 Å². The predicted molar refractivity (Wildman–Crippen MR) is 72.5 cm³/mol. The van der Waals surface area contributed by atoms with Crippen LogP contribution >= 0.6 is 11.6 Å². The number of hydrogen-bond acceptors (Lipinski definition) is 2. The summed E-state index contributed by atoms with van der Waals surface area (Å²) in [5.74, 6) is -0.206. The van der Waals surface area contributed by atoms with Crippen LogP contribution in [0.2, 0.25) is 0 Å². The summed E-state index contributed by atoms with van der Waals surface area (Å²) in [6.07, 6.45) is 0. The Kier molecular flexibility index (Phi) is 3.44. The van der Waals surface area contributed by atoms with Gasteiger partial charge in [-0.25, -0.2) is 0 Å². The predicted octanol–water partition coefficient (Wildman–Crippen LogP) is 2.71. The van der Waals surface area contributed by atoms with Crippen LogP contribution in [0.5, 0.6) is 0 Å². The van der Waals surface area contributed by atoms with Crippen molar-refractivity contribution in [1.82, 2.24) is 0 Å². The van der Waals surface area contributed by atoms with Crippen LogP contribution in [0.15, 0.2) is 12.1 Å². The highest BCUT2D eigenvalue weighted by atomic mass is 35.5. The van der Waals surface area contributed by atoms with E-state index < -0.39 is 11.7 Å². The first-order chi connectivity index (χ1) is 8.45. The Hall–Kier alpha value is -1.35. The molecule has 1 atom stereocenters. The molecule has 0 aromatic heterocycles.